The van der Waals surface area contributed by atoms with Gasteiger partial charge in [-0.2, -0.15) is 5.26 Å². The van der Waals surface area contributed by atoms with Crippen LogP contribution in [-0.4, -0.2) is 4.92 Å². The molecule has 5 heteroatoms. The molecule has 16 heavy (non-hydrogen) atoms. The Morgan fingerprint density at radius 3 is 2.50 bits per heavy atom. The highest BCUT2D eigenvalue weighted by atomic mass is 35.5. The normalized spacial score (nSPS) is 10.0. The third kappa shape index (κ3) is 1.47. The van der Waals surface area contributed by atoms with E-state index in [9.17, 15) is 10.1 Å². The summed E-state index contributed by atoms with van der Waals surface area (Å²) in [6.45, 7) is 0. The number of hydrogen-bond donors (Lipinski definition) is 0. The molecule has 78 valence electrons. The van der Waals surface area contributed by atoms with Crippen LogP contribution in [0.5, 0.6) is 0 Å². The highest BCUT2D eigenvalue weighted by Gasteiger charge is 2.17. The number of nitriles is 1. The second kappa shape index (κ2) is 3.80. The second-order valence-electron chi connectivity index (χ2n) is 3.17. The molecule has 0 amide bonds. The van der Waals surface area contributed by atoms with E-state index in [1.165, 1.54) is 6.07 Å². The van der Waals surface area contributed by atoms with Crippen LogP contribution >= 0.6 is 11.6 Å². The molecular formula is C11H5ClN2O2. The molecule has 0 aliphatic carbocycles. The molecule has 0 fully saturated rings. The van der Waals surface area contributed by atoms with Crippen molar-refractivity contribution in [3.63, 3.8) is 0 Å². The maximum Gasteiger partial charge on any atom is 0.278 e. The van der Waals surface area contributed by atoms with Gasteiger partial charge in [0.05, 0.1) is 20.9 Å². The van der Waals surface area contributed by atoms with Gasteiger partial charge < -0.3 is 0 Å². The lowest BCUT2D eigenvalue weighted by atomic mass is 10.1. The number of rotatable bonds is 1. The molecular weight excluding hydrogens is 228 g/mol. The van der Waals surface area contributed by atoms with Crippen LogP contribution in [0.4, 0.5) is 5.69 Å². The predicted octanol–water partition coefficient (Wildman–Crippen LogP) is 3.27. The van der Waals surface area contributed by atoms with E-state index >= 15 is 0 Å². The summed E-state index contributed by atoms with van der Waals surface area (Å²) in [7, 11) is 0. The maximum atomic E-state index is 10.8. The fourth-order valence-electron chi connectivity index (χ4n) is 1.55. The Kier molecular flexibility index (Phi) is 2.47. The van der Waals surface area contributed by atoms with Crippen molar-refractivity contribution >= 4 is 28.1 Å². The van der Waals surface area contributed by atoms with Crippen molar-refractivity contribution in [1.29, 1.82) is 5.26 Å². The largest absolute Gasteiger partial charge is 0.278 e. The van der Waals surface area contributed by atoms with Gasteiger partial charge in [0.2, 0.25) is 0 Å². The first-order chi connectivity index (χ1) is 7.65. The minimum absolute atomic E-state index is 0.100. The average Bonchev–Trinajstić information content (AvgIpc) is 2.29. The lowest BCUT2D eigenvalue weighted by Crippen LogP contribution is -1.92. The van der Waals surface area contributed by atoms with Crippen LogP contribution < -0.4 is 0 Å². The topological polar surface area (TPSA) is 66.9 Å². The number of benzene rings is 2. The number of nitro benzene ring substituents is 1. The van der Waals surface area contributed by atoms with Gasteiger partial charge >= 0.3 is 0 Å². The van der Waals surface area contributed by atoms with Gasteiger partial charge in [0.15, 0.2) is 0 Å². The van der Waals surface area contributed by atoms with Crippen molar-refractivity contribution in [2.45, 2.75) is 0 Å². The zero-order chi connectivity index (χ0) is 11.7. The molecule has 0 bridgehead atoms. The standard InChI is InChI=1S/C11H5ClN2O2/c12-11-7(6-13)5-10(14(15)16)8-3-1-2-4-9(8)11/h1-5H. The molecule has 0 aliphatic rings. The molecule has 0 N–H and O–H groups in total. The number of fused-ring (bicyclic) bond motifs is 1. The first kappa shape index (κ1) is 10.4. The van der Waals surface area contributed by atoms with Crippen LogP contribution in [0.15, 0.2) is 30.3 Å². The Hall–Kier alpha value is -2.12. The van der Waals surface area contributed by atoms with Crippen LogP contribution in [0.2, 0.25) is 5.02 Å². The van der Waals surface area contributed by atoms with E-state index < -0.39 is 4.92 Å². The first-order valence-corrected chi connectivity index (χ1v) is 4.78. The van der Waals surface area contributed by atoms with Crippen molar-refractivity contribution in [1.82, 2.24) is 0 Å². The summed E-state index contributed by atoms with van der Waals surface area (Å²) in [5.74, 6) is 0. The van der Waals surface area contributed by atoms with Crippen molar-refractivity contribution < 1.29 is 4.92 Å². The van der Waals surface area contributed by atoms with Gasteiger partial charge in [0.1, 0.15) is 6.07 Å². The van der Waals surface area contributed by atoms with Gasteiger partial charge in [-0.3, -0.25) is 10.1 Å². The monoisotopic (exact) mass is 232 g/mol. The van der Waals surface area contributed by atoms with Gasteiger partial charge in [-0.25, -0.2) is 0 Å². The predicted molar refractivity (Wildman–Crippen MR) is 60.3 cm³/mol. The molecule has 0 spiro atoms. The van der Waals surface area contributed by atoms with E-state index in [1.807, 2.05) is 6.07 Å². The van der Waals surface area contributed by atoms with Crippen LogP contribution in [-0.2, 0) is 0 Å². The van der Waals surface area contributed by atoms with Crippen molar-refractivity contribution in [3.8, 4) is 6.07 Å². The Morgan fingerprint density at radius 2 is 1.94 bits per heavy atom. The lowest BCUT2D eigenvalue weighted by Gasteiger charge is -2.03. The zero-order valence-electron chi connectivity index (χ0n) is 7.98. The van der Waals surface area contributed by atoms with E-state index in [-0.39, 0.29) is 16.3 Å². The Labute approximate surface area is 95.8 Å². The molecule has 4 nitrogen and oxygen atoms in total. The minimum atomic E-state index is -0.514. The number of halogens is 1. The summed E-state index contributed by atoms with van der Waals surface area (Å²) < 4.78 is 0. The van der Waals surface area contributed by atoms with Gasteiger partial charge in [-0.1, -0.05) is 29.8 Å². The fraction of sp³-hybridized carbons (Fsp3) is 0. The molecule has 0 saturated heterocycles. The van der Waals surface area contributed by atoms with E-state index in [4.69, 9.17) is 16.9 Å². The SMILES string of the molecule is N#Cc1cc([N+](=O)[O-])c2ccccc2c1Cl. The summed E-state index contributed by atoms with van der Waals surface area (Å²) in [6.07, 6.45) is 0. The molecule has 0 aromatic heterocycles. The number of nitrogens with zero attached hydrogens (tertiary/aromatic N) is 2. The summed E-state index contributed by atoms with van der Waals surface area (Å²) in [6, 6.07) is 9.73. The molecule has 0 saturated carbocycles. The van der Waals surface area contributed by atoms with E-state index in [1.54, 1.807) is 24.3 Å². The van der Waals surface area contributed by atoms with Crippen LogP contribution in [0, 0.1) is 21.4 Å². The quantitative estimate of drug-likeness (QED) is 0.560. The first-order valence-electron chi connectivity index (χ1n) is 4.41. The second-order valence-corrected chi connectivity index (χ2v) is 3.55. The van der Waals surface area contributed by atoms with Gasteiger partial charge in [0.25, 0.3) is 5.69 Å². The third-order valence-corrected chi connectivity index (χ3v) is 2.68. The average molecular weight is 233 g/mol. The fourth-order valence-corrected chi connectivity index (χ4v) is 1.81. The Morgan fingerprint density at radius 1 is 1.31 bits per heavy atom. The lowest BCUT2D eigenvalue weighted by molar-refractivity contribution is -0.383. The molecule has 0 unspecified atom stereocenters. The number of non-ortho nitro benzene ring substituents is 1. The molecule has 2 rings (SSSR count). The molecule has 0 radical (unpaired) electrons. The Balaban J connectivity index is 2.97. The third-order valence-electron chi connectivity index (χ3n) is 2.27. The van der Waals surface area contributed by atoms with Gasteiger partial charge in [-0.05, 0) is 6.07 Å². The molecule has 0 aliphatic heterocycles. The highest BCUT2D eigenvalue weighted by molar-refractivity contribution is 6.37. The van der Waals surface area contributed by atoms with Gasteiger partial charge in [-0.15, -0.1) is 0 Å². The highest BCUT2D eigenvalue weighted by Crippen LogP contribution is 2.33. The zero-order valence-corrected chi connectivity index (χ0v) is 8.73. The maximum absolute atomic E-state index is 10.8. The molecule has 0 heterocycles. The molecule has 2 aromatic carbocycles. The van der Waals surface area contributed by atoms with E-state index in [0.717, 1.165) is 0 Å². The summed E-state index contributed by atoms with van der Waals surface area (Å²) in [5.41, 5.74) is 0.0172. The van der Waals surface area contributed by atoms with Crippen LogP contribution in [0.3, 0.4) is 0 Å². The van der Waals surface area contributed by atoms with Crippen molar-refractivity contribution in [2.24, 2.45) is 0 Å². The summed E-state index contributed by atoms with van der Waals surface area (Å²) in [4.78, 5) is 10.3. The van der Waals surface area contributed by atoms with E-state index in [0.29, 0.717) is 10.8 Å². The number of nitro groups is 1. The van der Waals surface area contributed by atoms with Crippen LogP contribution in [0.25, 0.3) is 10.8 Å². The summed E-state index contributed by atoms with van der Waals surface area (Å²) >= 11 is 5.97. The van der Waals surface area contributed by atoms with E-state index in [2.05, 4.69) is 0 Å². The van der Waals surface area contributed by atoms with Gasteiger partial charge in [0, 0.05) is 11.5 Å². The molecule has 0 atom stereocenters. The Bertz CT molecular complexity index is 632. The smallest absolute Gasteiger partial charge is 0.258 e. The summed E-state index contributed by atoms with van der Waals surface area (Å²) in [5, 5.41) is 20.9. The minimum Gasteiger partial charge on any atom is -0.258 e. The van der Waals surface area contributed by atoms with Crippen LogP contribution in [0.1, 0.15) is 5.56 Å². The van der Waals surface area contributed by atoms with Crippen molar-refractivity contribution in [2.75, 3.05) is 0 Å². The number of hydrogen-bond acceptors (Lipinski definition) is 3. The molecule has 2 aromatic rings. The van der Waals surface area contributed by atoms with Crippen molar-refractivity contribution in [3.05, 3.63) is 51.0 Å².